The molecule has 0 atom stereocenters. The zero-order valence-corrected chi connectivity index (χ0v) is 10.7. The van der Waals surface area contributed by atoms with Gasteiger partial charge in [0, 0.05) is 12.9 Å². The first kappa shape index (κ1) is 13.0. The number of carbonyl (C=O) groups is 1. The van der Waals surface area contributed by atoms with E-state index in [0.717, 1.165) is 12.8 Å². The average molecular weight is 244 g/mol. The molecule has 1 aromatic rings. The van der Waals surface area contributed by atoms with E-state index in [9.17, 15) is 4.79 Å². The molecule has 0 saturated heterocycles. The summed E-state index contributed by atoms with van der Waals surface area (Å²) in [6.45, 7) is 4.05. The molecule has 0 bridgehead atoms. The molecule has 1 rings (SSSR count). The average Bonchev–Trinajstić information content (AvgIpc) is 2.72. The van der Waals surface area contributed by atoms with Crippen LogP contribution in [0, 0.1) is 0 Å². The van der Waals surface area contributed by atoms with Crippen molar-refractivity contribution in [3.05, 3.63) is 18.2 Å². The molecule has 0 aliphatic rings. The Morgan fingerprint density at radius 1 is 1.56 bits per heavy atom. The van der Waals surface area contributed by atoms with Crippen molar-refractivity contribution in [1.29, 1.82) is 0 Å². The van der Waals surface area contributed by atoms with Gasteiger partial charge in [-0.25, -0.2) is 4.98 Å². The fourth-order valence-electron chi connectivity index (χ4n) is 1.53. The second kappa shape index (κ2) is 5.34. The number of halogens is 1. The maximum Gasteiger partial charge on any atom is 0.270 e. The lowest BCUT2D eigenvalue weighted by Gasteiger charge is -2.30. The van der Waals surface area contributed by atoms with Gasteiger partial charge in [-0.3, -0.25) is 4.79 Å². The molecule has 0 unspecified atom stereocenters. The fraction of sp³-hybridized carbons (Fsp3) is 0.636. The van der Waals surface area contributed by atoms with Crippen LogP contribution in [0.5, 0.6) is 0 Å². The van der Waals surface area contributed by atoms with Crippen LogP contribution in [0.15, 0.2) is 12.5 Å². The predicted molar refractivity (Wildman–Crippen MR) is 64.7 cm³/mol. The Labute approximate surface area is 101 Å². The van der Waals surface area contributed by atoms with E-state index in [-0.39, 0.29) is 11.4 Å². The highest BCUT2D eigenvalue weighted by molar-refractivity contribution is 6.18. The van der Waals surface area contributed by atoms with Gasteiger partial charge in [-0.15, -0.1) is 11.6 Å². The molecular formula is C11H18ClN3O. The highest BCUT2D eigenvalue weighted by Gasteiger charge is 2.28. The molecule has 0 radical (unpaired) electrons. The molecule has 0 fully saturated rings. The SMILES string of the molecule is CCC(CC)(CCl)NC(=O)c1cncn1C. The third kappa shape index (κ3) is 2.55. The molecule has 1 amide bonds. The first-order valence-electron chi connectivity index (χ1n) is 5.43. The summed E-state index contributed by atoms with van der Waals surface area (Å²) in [5, 5.41) is 2.99. The third-order valence-electron chi connectivity index (χ3n) is 3.04. The zero-order valence-electron chi connectivity index (χ0n) is 9.96. The number of carbonyl (C=O) groups excluding carboxylic acids is 1. The van der Waals surface area contributed by atoms with E-state index in [1.165, 1.54) is 0 Å². The number of hydrogen-bond acceptors (Lipinski definition) is 2. The van der Waals surface area contributed by atoms with Crippen LogP contribution >= 0.6 is 11.6 Å². The first-order valence-corrected chi connectivity index (χ1v) is 5.96. The molecule has 1 heterocycles. The molecule has 16 heavy (non-hydrogen) atoms. The van der Waals surface area contributed by atoms with Gasteiger partial charge >= 0.3 is 0 Å². The molecule has 0 saturated carbocycles. The van der Waals surface area contributed by atoms with E-state index < -0.39 is 0 Å². The Morgan fingerprint density at radius 2 is 2.19 bits per heavy atom. The Hall–Kier alpha value is -1.03. The van der Waals surface area contributed by atoms with E-state index in [0.29, 0.717) is 11.6 Å². The van der Waals surface area contributed by atoms with Crippen LogP contribution in [0.2, 0.25) is 0 Å². The lowest BCUT2D eigenvalue weighted by molar-refractivity contribution is 0.0894. The molecule has 5 heteroatoms. The fourth-order valence-corrected chi connectivity index (χ4v) is 1.97. The van der Waals surface area contributed by atoms with Gasteiger partial charge in [0.2, 0.25) is 0 Å². The minimum Gasteiger partial charge on any atom is -0.344 e. The highest BCUT2D eigenvalue weighted by Crippen LogP contribution is 2.17. The topological polar surface area (TPSA) is 46.9 Å². The summed E-state index contributed by atoms with van der Waals surface area (Å²) >= 11 is 5.93. The lowest BCUT2D eigenvalue weighted by atomic mass is 9.95. The molecule has 90 valence electrons. The molecule has 1 aromatic heterocycles. The van der Waals surface area contributed by atoms with Gasteiger partial charge in [0.15, 0.2) is 0 Å². The second-order valence-corrected chi connectivity index (χ2v) is 4.23. The van der Waals surface area contributed by atoms with Gasteiger partial charge in [0.1, 0.15) is 5.69 Å². The lowest BCUT2D eigenvalue weighted by Crippen LogP contribution is -2.49. The van der Waals surface area contributed by atoms with Crippen LogP contribution in [0.3, 0.4) is 0 Å². The van der Waals surface area contributed by atoms with Crippen molar-refractivity contribution in [2.45, 2.75) is 32.2 Å². The van der Waals surface area contributed by atoms with Crippen molar-refractivity contribution >= 4 is 17.5 Å². The Balaban J connectivity index is 2.81. The quantitative estimate of drug-likeness (QED) is 0.804. The van der Waals surface area contributed by atoms with Crippen LogP contribution in [-0.4, -0.2) is 26.9 Å². The number of alkyl halides is 1. The summed E-state index contributed by atoms with van der Waals surface area (Å²) in [5.74, 6) is 0.299. The van der Waals surface area contributed by atoms with Gasteiger partial charge in [0.05, 0.1) is 18.1 Å². The van der Waals surface area contributed by atoms with E-state index in [2.05, 4.69) is 10.3 Å². The van der Waals surface area contributed by atoms with Crippen LogP contribution < -0.4 is 5.32 Å². The van der Waals surface area contributed by atoms with Crippen molar-refractivity contribution in [3.8, 4) is 0 Å². The van der Waals surface area contributed by atoms with Gasteiger partial charge in [-0.2, -0.15) is 0 Å². The van der Waals surface area contributed by atoms with Crippen LogP contribution in [0.4, 0.5) is 0 Å². The van der Waals surface area contributed by atoms with Gasteiger partial charge in [-0.05, 0) is 12.8 Å². The maximum atomic E-state index is 12.0. The van der Waals surface area contributed by atoms with E-state index in [1.807, 2.05) is 13.8 Å². The van der Waals surface area contributed by atoms with Crippen LogP contribution in [0.1, 0.15) is 37.2 Å². The minimum atomic E-state index is -0.317. The Morgan fingerprint density at radius 3 is 2.56 bits per heavy atom. The van der Waals surface area contributed by atoms with Crippen molar-refractivity contribution in [3.63, 3.8) is 0 Å². The highest BCUT2D eigenvalue weighted by atomic mass is 35.5. The third-order valence-corrected chi connectivity index (χ3v) is 3.55. The molecule has 0 spiro atoms. The van der Waals surface area contributed by atoms with E-state index >= 15 is 0 Å². The molecule has 0 aliphatic heterocycles. The number of aromatic nitrogens is 2. The second-order valence-electron chi connectivity index (χ2n) is 3.96. The van der Waals surface area contributed by atoms with Crippen molar-refractivity contribution in [2.24, 2.45) is 7.05 Å². The Bertz CT molecular complexity index is 350. The molecule has 4 nitrogen and oxygen atoms in total. The summed E-state index contributed by atoms with van der Waals surface area (Å²) < 4.78 is 1.69. The zero-order chi connectivity index (χ0) is 12.2. The number of imidazole rings is 1. The van der Waals surface area contributed by atoms with Crippen molar-refractivity contribution in [2.75, 3.05) is 5.88 Å². The number of amides is 1. The van der Waals surface area contributed by atoms with Crippen LogP contribution in [0.25, 0.3) is 0 Å². The summed E-state index contributed by atoms with van der Waals surface area (Å²) in [6, 6.07) is 0. The maximum absolute atomic E-state index is 12.0. The smallest absolute Gasteiger partial charge is 0.270 e. The first-order chi connectivity index (χ1) is 7.58. The molecular weight excluding hydrogens is 226 g/mol. The van der Waals surface area contributed by atoms with E-state index in [1.54, 1.807) is 24.1 Å². The number of nitrogens with zero attached hydrogens (tertiary/aromatic N) is 2. The predicted octanol–water partition coefficient (Wildman–Crippen LogP) is 1.95. The number of hydrogen-bond donors (Lipinski definition) is 1. The molecule has 0 aliphatic carbocycles. The number of nitrogens with one attached hydrogen (secondary N) is 1. The van der Waals surface area contributed by atoms with Crippen molar-refractivity contribution in [1.82, 2.24) is 14.9 Å². The monoisotopic (exact) mass is 243 g/mol. The van der Waals surface area contributed by atoms with Crippen LogP contribution in [-0.2, 0) is 7.05 Å². The van der Waals surface area contributed by atoms with Crippen molar-refractivity contribution < 1.29 is 4.79 Å². The normalized spacial score (nSPS) is 11.5. The largest absolute Gasteiger partial charge is 0.344 e. The summed E-state index contributed by atoms with van der Waals surface area (Å²) in [5.41, 5.74) is 0.236. The summed E-state index contributed by atoms with van der Waals surface area (Å²) in [7, 11) is 1.79. The Kier molecular flexibility index (Phi) is 4.35. The molecule has 0 aromatic carbocycles. The summed E-state index contributed by atoms with van der Waals surface area (Å²) in [6.07, 6.45) is 4.79. The van der Waals surface area contributed by atoms with E-state index in [4.69, 9.17) is 11.6 Å². The summed E-state index contributed by atoms with van der Waals surface area (Å²) in [4.78, 5) is 15.9. The number of aryl methyl sites for hydroxylation is 1. The van der Waals surface area contributed by atoms with Gasteiger partial charge in [0.25, 0.3) is 5.91 Å². The molecule has 1 N–H and O–H groups in total. The van der Waals surface area contributed by atoms with Gasteiger partial charge < -0.3 is 9.88 Å². The number of rotatable bonds is 5. The minimum absolute atomic E-state index is 0.121. The standard InChI is InChI=1S/C11H18ClN3O/c1-4-11(5-2,7-12)14-10(16)9-6-13-8-15(9)3/h6,8H,4-5,7H2,1-3H3,(H,14,16). The van der Waals surface area contributed by atoms with Gasteiger partial charge in [-0.1, -0.05) is 13.8 Å².